The Morgan fingerprint density at radius 3 is 2.75 bits per heavy atom. The van der Waals surface area contributed by atoms with Gasteiger partial charge in [0.1, 0.15) is 5.82 Å². The molecule has 2 amide bonds. The number of halogens is 1. The van der Waals surface area contributed by atoms with Gasteiger partial charge >= 0.3 is 6.03 Å². The molecule has 1 aliphatic heterocycles. The Labute approximate surface area is 117 Å². The number of nitrogens with zero attached hydrogens (tertiary/aromatic N) is 1. The Hall–Kier alpha value is -1.66. The maximum absolute atomic E-state index is 13.5. The number of carbonyl (C=O) groups excluding carboxylic acids is 1. The second-order valence-electron chi connectivity index (χ2n) is 4.76. The van der Waals surface area contributed by atoms with E-state index in [0.29, 0.717) is 26.2 Å². The van der Waals surface area contributed by atoms with E-state index in [4.69, 9.17) is 10.5 Å². The van der Waals surface area contributed by atoms with Gasteiger partial charge in [0, 0.05) is 19.6 Å². The zero-order valence-electron chi connectivity index (χ0n) is 11.3. The van der Waals surface area contributed by atoms with Crippen LogP contribution in [0, 0.1) is 5.82 Å². The number of ether oxygens (including phenoxy) is 1. The van der Waals surface area contributed by atoms with E-state index < -0.39 is 5.82 Å². The Morgan fingerprint density at radius 2 is 2.10 bits per heavy atom. The van der Waals surface area contributed by atoms with Crippen LogP contribution in [0.3, 0.4) is 0 Å². The smallest absolute Gasteiger partial charge is 0.321 e. The second kappa shape index (κ2) is 7.21. The minimum Gasteiger partial charge on any atom is -0.377 e. The molecule has 0 aromatic heterocycles. The van der Waals surface area contributed by atoms with Crippen LogP contribution >= 0.6 is 0 Å². The molecule has 3 N–H and O–H groups in total. The third-order valence-electron chi connectivity index (χ3n) is 3.32. The Kier molecular flexibility index (Phi) is 5.31. The Morgan fingerprint density at radius 1 is 1.40 bits per heavy atom. The zero-order valence-corrected chi connectivity index (χ0v) is 11.3. The van der Waals surface area contributed by atoms with Crippen molar-refractivity contribution >= 4 is 11.7 Å². The molecule has 1 fully saturated rings. The van der Waals surface area contributed by atoms with E-state index in [1.807, 2.05) is 0 Å². The molecule has 0 saturated carbocycles. The number of carbonyl (C=O) groups is 1. The summed E-state index contributed by atoms with van der Waals surface area (Å²) in [4.78, 5) is 13.7. The first kappa shape index (κ1) is 14.7. The predicted octanol–water partition coefficient (Wildman–Crippen LogP) is 1.80. The molecule has 1 heterocycles. The third kappa shape index (κ3) is 3.91. The summed E-state index contributed by atoms with van der Waals surface area (Å²) in [5, 5.41) is 2.59. The van der Waals surface area contributed by atoms with E-state index in [9.17, 15) is 9.18 Å². The quantitative estimate of drug-likeness (QED) is 0.884. The molecule has 6 heteroatoms. The number of likely N-dealkylation sites (tertiary alicyclic amines) is 1. The van der Waals surface area contributed by atoms with Gasteiger partial charge in [-0.25, -0.2) is 9.18 Å². The second-order valence-corrected chi connectivity index (χ2v) is 4.76. The normalized spacial score (nSPS) is 16.2. The van der Waals surface area contributed by atoms with Gasteiger partial charge in [-0.15, -0.1) is 0 Å². The van der Waals surface area contributed by atoms with Crippen molar-refractivity contribution in [1.29, 1.82) is 0 Å². The fraction of sp³-hybridized carbons (Fsp3) is 0.500. The van der Waals surface area contributed by atoms with Gasteiger partial charge in [-0.2, -0.15) is 0 Å². The Bertz CT molecular complexity index is 448. The van der Waals surface area contributed by atoms with Crippen molar-refractivity contribution in [3.63, 3.8) is 0 Å². The van der Waals surface area contributed by atoms with E-state index >= 15 is 0 Å². The average Bonchev–Trinajstić information content (AvgIpc) is 2.48. The molecule has 2 rings (SSSR count). The molecule has 1 aliphatic rings. The molecule has 1 aromatic rings. The molecular weight excluding hydrogens is 261 g/mol. The average molecular weight is 281 g/mol. The highest BCUT2D eigenvalue weighted by Crippen LogP contribution is 2.17. The van der Waals surface area contributed by atoms with Gasteiger partial charge in [0.05, 0.1) is 18.4 Å². The van der Waals surface area contributed by atoms with Crippen LogP contribution in [0.1, 0.15) is 12.8 Å². The van der Waals surface area contributed by atoms with Crippen LogP contribution < -0.4 is 11.1 Å². The molecule has 0 atom stereocenters. The van der Waals surface area contributed by atoms with Crippen molar-refractivity contribution < 1.29 is 13.9 Å². The SMILES string of the molecule is NCCOC1CCN(C(=O)Nc2ccccc2F)CC1. The number of nitrogens with one attached hydrogen (secondary N) is 1. The van der Waals surface area contributed by atoms with Crippen LogP contribution in [0.2, 0.25) is 0 Å². The summed E-state index contributed by atoms with van der Waals surface area (Å²) < 4.78 is 19.0. The number of nitrogens with two attached hydrogens (primary N) is 1. The molecule has 0 bridgehead atoms. The number of anilines is 1. The first-order valence-corrected chi connectivity index (χ1v) is 6.83. The lowest BCUT2D eigenvalue weighted by atomic mass is 10.1. The van der Waals surface area contributed by atoms with Crippen LogP contribution in [-0.4, -0.2) is 43.3 Å². The van der Waals surface area contributed by atoms with E-state index in [2.05, 4.69) is 5.32 Å². The van der Waals surface area contributed by atoms with Gasteiger partial charge in [-0.3, -0.25) is 0 Å². The molecule has 20 heavy (non-hydrogen) atoms. The van der Waals surface area contributed by atoms with Crippen LogP contribution in [0.25, 0.3) is 0 Å². The number of rotatable bonds is 4. The molecule has 1 saturated heterocycles. The first-order chi connectivity index (χ1) is 9.70. The summed E-state index contributed by atoms with van der Waals surface area (Å²) >= 11 is 0. The van der Waals surface area contributed by atoms with Crippen molar-refractivity contribution in [3.8, 4) is 0 Å². The summed E-state index contributed by atoms with van der Waals surface area (Å²) in [5.41, 5.74) is 5.59. The molecule has 0 radical (unpaired) electrons. The van der Waals surface area contributed by atoms with E-state index in [1.165, 1.54) is 6.07 Å². The van der Waals surface area contributed by atoms with Crippen LogP contribution in [0.5, 0.6) is 0 Å². The maximum atomic E-state index is 13.5. The number of hydrogen-bond donors (Lipinski definition) is 2. The Balaban J connectivity index is 1.82. The molecule has 0 aliphatic carbocycles. The monoisotopic (exact) mass is 281 g/mol. The van der Waals surface area contributed by atoms with E-state index in [-0.39, 0.29) is 17.8 Å². The van der Waals surface area contributed by atoms with Gasteiger partial charge in [0.15, 0.2) is 0 Å². The van der Waals surface area contributed by atoms with Crippen LogP contribution in [-0.2, 0) is 4.74 Å². The third-order valence-corrected chi connectivity index (χ3v) is 3.32. The van der Waals surface area contributed by atoms with Crippen molar-refractivity contribution in [3.05, 3.63) is 30.1 Å². The minimum absolute atomic E-state index is 0.163. The summed E-state index contributed by atoms with van der Waals surface area (Å²) in [6.45, 7) is 2.27. The van der Waals surface area contributed by atoms with Crippen molar-refractivity contribution in [2.75, 3.05) is 31.6 Å². The van der Waals surface area contributed by atoms with Gasteiger partial charge in [0.2, 0.25) is 0 Å². The number of hydrogen-bond acceptors (Lipinski definition) is 3. The largest absolute Gasteiger partial charge is 0.377 e. The van der Waals surface area contributed by atoms with Gasteiger partial charge in [-0.1, -0.05) is 12.1 Å². The lowest BCUT2D eigenvalue weighted by molar-refractivity contribution is 0.0201. The maximum Gasteiger partial charge on any atom is 0.321 e. The predicted molar refractivity (Wildman–Crippen MR) is 75.0 cm³/mol. The minimum atomic E-state index is -0.429. The molecule has 0 spiro atoms. The van der Waals surface area contributed by atoms with E-state index in [1.54, 1.807) is 23.1 Å². The first-order valence-electron chi connectivity index (χ1n) is 6.83. The standard InChI is InChI=1S/C14H20FN3O2/c15-12-3-1-2-4-13(12)17-14(19)18-8-5-11(6-9-18)20-10-7-16/h1-4,11H,5-10,16H2,(H,17,19). The summed E-state index contributed by atoms with van der Waals surface area (Å²) in [7, 11) is 0. The highest BCUT2D eigenvalue weighted by molar-refractivity contribution is 5.89. The molecule has 5 nitrogen and oxygen atoms in total. The summed E-state index contributed by atoms with van der Waals surface area (Å²) in [6.07, 6.45) is 1.73. The molecule has 0 unspecified atom stereocenters. The van der Waals surface area contributed by atoms with Crippen molar-refractivity contribution in [2.24, 2.45) is 5.73 Å². The number of para-hydroxylation sites is 1. The number of benzene rings is 1. The fourth-order valence-corrected chi connectivity index (χ4v) is 2.22. The number of piperidine rings is 1. The van der Waals surface area contributed by atoms with Crippen molar-refractivity contribution in [2.45, 2.75) is 18.9 Å². The van der Waals surface area contributed by atoms with Crippen LogP contribution in [0.4, 0.5) is 14.9 Å². The highest BCUT2D eigenvalue weighted by atomic mass is 19.1. The molecule has 110 valence electrons. The topological polar surface area (TPSA) is 67.6 Å². The van der Waals surface area contributed by atoms with Gasteiger partial charge in [-0.05, 0) is 25.0 Å². The molecule has 1 aromatic carbocycles. The van der Waals surface area contributed by atoms with E-state index in [0.717, 1.165) is 12.8 Å². The van der Waals surface area contributed by atoms with Gasteiger partial charge < -0.3 is 20.7 Å². The zero-order chi connectivity index (χ0) is 14.4. The van der Waals surface area contributed by atoms with Crippen LogP contribution in [0.15, 0.2) is 24.3 Å². The van der Waals surface area contributed by atoms with Crippen molar-refractivity contribution in [1.82, 2.24) is 4.90 Å². The summed E-state index contributed by atoms with van der Waals surface area (Å²) in [6, 6.07) is 5.87. The lowest BCUT2D eigenvalue weighted by Crippen LogP contribution is -2.43. The highest BCUT2D eigenvalue weighted by Gasteiger charge is 2.23. The fourth-order valence-electron chi connectivity index (χ4n) is 2.22. The summed E-state index contributed by atoms with van der Waals surface area (Å²) in [5.74, 6) is -0.429. The number of amides is 2. The lowest BCUT2D eigenvalue weighted by Gasteiger charge is -2.31. The van der Waals surface area contributed by atoms with Gasteiger partial charge in [0.25, 0.3) is 0 Å². The number of urea groups is 1. The molecular formula is C14H20FN3O2.